The van der Waals surface area contributed by atoms with Gasteiger partial charge in [-0.05, 0) is 0 Å². The van der Waals surface area contributed by atoms with Crippen molar-refractivity contribution in [3.05, 3.63) is 0 Å². The molecule has 0 spiro atoms. The molecule has 6 heteroatoms. The summed E-state index contributed by atoms with van der Waals surface area (Å²) in [5.74, 6) is -1.41. The lowest BCUT2D eigenvalue weighted by atomic mass is 10.0. The van der Waals surface area contributed by atoms with Gasteiger partial charge in [0.15, 0.2) is 6.04 Å². The Kier molecular flexibility index (Phi) is 3.84. The maximum atomic E-state index is 11.3. The predicted molar refractivity (Wildman–Crippen MR) is 47.8 cm³/mol. The van der Waals surface area contributed by atoms with E-state index in [1.54, 1.807) is 0 Å². The summed E-state index contributed by atoms with van der Waals surface area (Å²) in [7, 11) is 1.40. The van der Waals surface area contributed by atoms with Crippen molar-refractivity contribution < 1.29 is 19.4 Å². The predicted octanol–water partition coefficient (Wildman–Crippen LogP) is -1.58. The van der Waals surface area contributed by atoms with Crippen LogP contribution in [0.5, 0.6) is 0 Å². The van der Waals surface area contributed by atoms with Crippen molar-refractivity contribution in [1.29, 1.82) is 0 Å². The Morgan fingerprint density at radius 3 is 2.64 bits per heavy atom. The molecule has 0 radical (unpaired) electrons. The zero-order chi connectivity index (χ0) is 10.6. The highest BCUT2D eigenvalue weighted by Crippen LogP contribution is 2.02. The van der Waals surface area contributed by atoms with E-state index in [0.717, 1.165) is 0 Å². The molecule has 6 nitrogen and oxygen atoms in total. The summed E-state index contributed by atoms with van der Waals surface area (Å²) >= 11 is 0. The number of nitrogens with one attached hydrogen (secondary N) is 2. The van der Waals surface area contributed by atoms with Gasteiger partial charge in [-0.1, -0.05) is 0 Å². The number of amides is 1. The van der Waals surface area contributed by atoms with Crippen LogP contribution in [0.2, 0.25) is 0 Å². The minimum atomic E-state index is -1.08. The van der Waals surface area contributed by atoms with E-state index in [1.807, 2.05) is 0 Å². The number of hydrogen-bond acceptors (Lipinski definition) is 4. The Balaban J connectivity index is 2.37. The highest BCUT2D eigenvalue weighted by molar-refractivity contribution is 5.85. The van der Waals surface area contributed by atoms with Gasteiger partial charge in [-0.3, -0.25) is 4.79 Å². The average Bonchev–Trinajstić information content (AvgIpc) is 1.99. The maximum absolute atomic E-state index is 11.3. The number of carbonyl (C=O) groups excluding carboxylic acids is 1. The molecule has 14 heavy (non-hydrogen) atoms. The quantitative estimate of drug-likeness (QED) is 0.501. The molecule has 1 saturated heterocycles. The third-order valence-electron chi connectivity index (χ3n) is 2.10. The van der Waals surface area contributed by atoms with E-state index in [2.05, 4.69) is 15.4 Å². The summed E-state index contributed by atoms with van der Waals surface area (Å²) < 4.78 is 4.69. The number of methoxy groups -OCH3 is 1. The van der Waals surface area contributed by atoms with Crippen LogP contribution in [0.1, 0.15) is 0 Å². The van der Waals surface area contributed by atoms with Crippen LogP contribution >= 0.6 is 0 Å². The zero-order valence-corrected chi connectivity index (χ0v) is 7.95. The van der Waals surface area contributed by atoms with Gasteiger partial charge >= 0.3 is 5.97 Å². The van der Waals surface area contributed by atoms with Gasteiger partial charge in [0.2, 0.25) is 5.91 Å². The van der Waals surface area contributed by atoms with Gasteiger partial charge in [0, 0.05) is 20.2 Å². The summed E-state index contributed by atoms with van der Waals surface area (Å²) in [5.41, 5.74) is 0. The van der Waals surface area contributed by atoms with Crippen molar-refractivity contribution >= 4 is 11.9 Å². The lowest BCUT2D eigenvalue weighted by Crippen LogP contribution is -2.55. The fraction of sp³-hybridized carbons (Fsp3) is 0.750. The van der Waals surface area contributed by atoms with E-state index in [4.69, 9.17) is 5.11 Å². The third kappa shape index (κ3) is 2.68. The number of carbonyl (C=O) groups is 2. The van der Waals surface area contributed by atoms with E-state index in [9.17, 15) is 9.59 Å². The molecule has 1 atom stereocenters. The van der Waals surface area contributed by atoms with E-state index in [0.29, 0.717) is 13.1 Å². The third-order valence-corrected chi connectivity index (χ3v) is 2.10. The van der Waals surface area contributed by atoms with Crippen molar-refractivity contribution in [3.8, 4) is 0 Å². The second-order valence-corrected chi connectivity index (χ2v) is 3.21. The Labute approximate surface area is 81.6 Å². The maximum Gasteiger partial charge on any atom is 0.328 e. The van der Waals surface area contributed by atoms with Gasteiger partial charge < -0.3 is 20.5 Å². The normalized spacial score (nSPS) is 18.4. The Morgan fingerprint density at radius 2 is 2.29 bits per heavy atom. The number of carboxylic acids is 1. The van der Waals surface area contributed by atoms with Crippen molar-refractivity contribution in [2.24, 2.45) is 5.92 Å². The monoisotopic (exact) mass is 202 g/mol. The van der Waals surface area contributed by atoms with Crippen molar-refractivity contribution in [3.63, 3.8) is 0 Å². The number of aliphatic carboxylic acids is 1. The minimum absolute atomic E-state index is 0.0127. The first kappa shape index (κ1) is 10.9. The minimum Gasteiger partial charge on any atom is -0.480 e. The lowest BCUT2D eigenvalue weighted by Gasteiger charge is -2.27. The first-order valence-corrected chi connectivity index (χ1v) is 4.38. The number of hydrogen-bond donors (Lipinski definition) is 3. The Hall–Kier alpha value is -1.14. The average molecular weight is 202 g/mol. The second-order valence-electron chi connectivity index (χ2n) is 3.21. The van der Waals surface area contributed by atoms with Crippen molar-refractivity contribution in [2.75, 3.05) is 26.8 Å². The van der Waals surface area contributed by atoms with Crippen LogP contribution in [-0.4, -0.2) is 49.8 Å². The first-order valence-electron chi connectivity index (χ1n) is 4.38. The lowest BCUT2D eigenvalue weighted by molar-refractivity contribution is -0.144. The van der Waals surface area contributed by atoms with Gasteiger partial charge in [0.25, 0.3) is 0 Å². The highest BCUT2D eigenvalue weighted by atomic mass is 16.5. The molecule has 1 aliphatic rings. The van der Waals surface area contributed by atoms with Crippen LogP contribution in [0, 0.1) is 5.92 Å². The molecule has 1 heterocycles. The van der Waals surface area contributed by atoms with Gasteiger partial charge in [-0.15, -0.1) is 0 Å². The number of ether oxygens (including phenoxy) is 1. The molecule has 3 N–H and O–H groups in total. The fourth-order valence-corrected chi connectivity index (χ4v) is 1.11. The van der Waals surface area contributed by atoms with Gasteiger partial charge in [-0.2, -0.15) is 0 Å². The van der Waals surface area contributed by atoms with E-state index >= 15 is 0 Å². The van der Waals surface area contributed by atoms with Crippen LogP contribution in [0.4, 0.5) is 0 Å². The highest BCUT2D eigenvalue weighted by Gasteiger charge is 2.28. The largest absolute Gasteiger partial charge is 0.480 e. The summed E-state index contributed by atoms with van der Waals surface area (Å²) in [6.07, 6.45) is 0. The van der Waals surface area contributed by atoms with Crippen LogP contribution in [0.15, 0.2) is 0 Å². The first-order chi connectivity index (χ1) is 6.65. The smallest absolute Gasteiger partial charge is 0.328 e. The SMILES string of the molecule is COCC(NC(=O)C1CNC1)C(=O)O. The van der Waals surface area contributed by atoms with Crippen molar-refractivity contribution in [2.45, 2.75) is 6.04 Å². The van der Waals surface area contributed by atoms with Gasteiger partial charge in [0.05, 0.1) is 12.5 Å². The molecule has 0 aromatic carbocycles. The van der Waals surface area contributed by atoms with E-state index in [1.165, 1.54) is 7.11 Å². The van der Waals surface area contributed by atoms with E-state index < -0.39 is 12.0 Å². The van der Waals surface area contributed by atoms with E-state index in [-0.39, 0.29) is 18.4 Å². The Morgan fingerprint density at radius 1 is 1.64 bits per heavy atom. The summed E-state index contributed by atoms with van der Waals surface area (Å²) in [4.78, 5) is 22.0. The van der Waals surface area contributed by atoms with Crippen LogP contribution in [0.25, 0.3) is 0 Å². The van der Waals surface area contributed by atoms with Crippen LogP contribution in [-0.2, 0) is 14.3 Å². The second kappa shape index (κ2) is 4.92. The molecule has 0 aromatic heterocycles. The summed E-state index contributed by atoms with van der Waals surface area (Å²) in [6, 6.07) is -0.951. The van der Waals surface area contributed by atoms with Crippen LogP contribution in [0.3, 0.4) is 0 Å². The molecule has 1 fully saturated rings. The molecule has 0 bridgehead atoms. The van der Waals surface area contributed by atoms with Crippen LogP contribution < -0.4 is 10.6 Å². The zero-order valence-electron chi connectivity index (χ0n) is 7.95. The molecular formula is C8H14N2O4. The Bertz CT molecular complexity index is 227. The molecule has 1 amide bonds. The topological polar surface area (TPSA) is 87.7 Å². The molecule has 0 aromatic rings. The molecule has 1 aliphatic heterocycles. The van der Waals surface area contributed by atoms with Crippen molar-refractivity contribution in [1.82, 2.24) is 10.6 Å². The summed E-state index contributed by atoms with van der Waals surface area (Å²) in [6.45, 7) is 1.22. The fourth-order valence-electron chi connectivity index (χ4n) is 1.11. The van der Waals surface area contributed by atoms with Gasteiger partial charge in [0.1, 0.15) is 0 Å². The number of rotatable bonds is 5. The number of carboxylic acid groups (broad SMARTS) is 1. The molecule has 1 rings (SSSR count). The van der Waals surface area contributed by atoms with Gasteiger partial charge in [-0.25, -0.2) is 4.79 Å². The molecule has 0 saturated carbocycles. The molecule has 0 aliphatic carbocycles. The molecule has 1 unspecified atom stereocenters. The molecular weight excluding hydrogens is 188 g/mol. The molecule has 80 valence electrons. The summed E-state index contributed by atoms with van der Waals surface area (Å²) in [5, 5.41) is 14.1. The standard InChI is InChI=1S/C8H14N2O4/c1-14-4-6(8(12)13)10-7(11)5-2-9-3-5/h5-6,9H,2-4H2,1H3,(H,10,11)(H,12,13).